The predicted molar refractivity (Wildman–Crippen MR) is 118 cm³/mol. The first kappa shape index (κ1) is 21.6. The second-order valence-corrected chi connectivity index (χ2v) is 9.61. The summed E-state index contributed by atoms with van der Waals surface area (Å²) >= 11 is 7.50. The lowest BCUT2D eigenvalue weighted by molar-refractivity contribution is -0.118. The van der Waals surface area contributed by atoms with Gasteiger partial charge in [0.15, 0.2) is 0 Å². The molecule has 0 saturated carbocycles. The SMILES string of the molecule is COC(=O)N1CCC2(C1)CN(C(=O)Cc1ncc(C(=O)N(C)C)s1)c1ccc(Cl)cc12. The van der Waals surface area contributed by atoms with Crippen LogP contribution in [0.25, 0.3) is 0 Å². The van der Waals surface area contributed by atoms with E-state index < -0.39 is 0 Å². The summed E-state index contributed by atoms with van der Waals surface area (Å²) < 4.78 is 4.88. The lowest BCUT2D eigenvalue weighted by atomic mass is 9.81. The fraction of sp³-hybridized carbons (Fsp3) is 0.429. The molecule has 0 N–H and O–H groups in total. The molecule has 2 aliphatic heterocycles. The Hall–Kier alpha value is -2.65. The van der Waals surface area contributed by atoms with E-state index in [-0.39, 0.29) is 29.7 Å². The molecular weight excluding hydrogens is 440 g/mol. The first-order chi connectivity index (χ1) is 14.7. The fourth-order valence-corrected chi connectivity index (χ4v) is 5.41. The highest BCUT2D eigenvalue weighted by Crippen LogP contribution is 2.47. The third kappa shape index (κ3) is 3.87. The normalized spacial score (nSPS) is 19.6. The molecule has 164 valence electrons. The van der Waals surface area contributed by atoms with Crippen molar-refractivity contribution < 1.29 is 19.1 Å². The van der Waals surface area contributed by atoms with Gasteiger partial charge in [-0.3, -0.25) is 9.59 Å². The van der Waals surface area contributed by atoms with E-state index in [2.05, 4.69) is 4.98 Å². The number of methoxy groups -OCH3 is 1. The number of anilines is 1. The fourth-order valence-electron chi connectivity index (χ4n) is 4.31. The molecule has 1 unspecified atom stereocenters. The highest BCUT2D eigenvalue weighted by Gasteiger charge is 2.50. The molecule has 0 radical (unpaired) electrons. The Kier molecular flexibility index (Phi) is 5.65. The van der Waals surface area contributed by atoms with Crippen LogP contribution >= 0.6 is 22.9 Å². The van der Waals surface area contributed by atoms with Gasteiger partial charge >= 0.3 is 6.09 Å². The van der Waals surface area contributed by atoms with Crippen molar-refractivity contribution in [2.24, 2.45) is 0 Å². The second kappa shape index (κ2) is 8.12. The number of aromatic nitrogens is 1. The zero-order valence-corrected chi connectivity index (χ0v) is 19.1. The molecule has 0 aliphatic carbocycles. The minimum Gasteiger partial charge on any atom is -0.453 e. The minimum absolute atomic E-state index is 0.101. The van der Waals surface area contributed by atoms with E-state index in [4.69, 9.17) is 16.3 Å². The topological polar surface area (TPSA) is 83.0 Å². The number of hydrogen-bond acceptors (Lipinski definition) is 6. The Bertz CT molecular complexity index is 1060. The van der Waals surface area contributed by atoms with Crippen molar-refractivity contribution in [3.63, 3.8) is 0 Å². The van der Waals surface area contributed by atoms with E-state index in [1.165, 1.54) is 29.5 Å². The summed E-state index contributed by atoms with van der Waals surface area (Å²) in [5.41, 5.74) is 1.41. The van der Waals surface area contributed by atoms with Crippen LogP contribution in [-0.2, 0) is 21.4 Å². The molecular formula is C21H23ClN4O4S. The number of fused-ring (bicyclic) bond motifs is 2. The minimum atomic E-state index is -0.376. The Morgan fingerprint density at radius 1 is 1.29 bits per heavy atom. The largest absolute Gasteiger partial charge is 0.453 e. The predicted octanol–water partition coefficient (Wildman–Crippen LogP) is 2.80. The first-order valence-corrected chi connectivity index (χ1v) is 11.0. The number of rotatable bonds is 3. The van der Waals surface area contributed by atoms with Gasteiger partial charge in [-0.25, -0.2) is 9.78 Å². The maximum atomic E-state index is 13.2. The molecule has 8 nitrogen and oxygen atoms in total. The van der Waals surface area contributed by atoms with E-state index >= 15 is 0 Å². The number of carbonyl (C=O) groups is 3. The zero-order valence-electron chi connectivity index (χ0n) is 17.6. The lowest BCUT2D eigenvalue weighted by Gasteiger charge is -2.25. The Morgan fingerprint density at radius 2 is 2.06 bits per heavy atom. The number of likely N-dealkylation sites (tertiary alicyclic amines) is 1. The third-order valence-corrected chi connectivity index (χ3v) is 7.06. The Morgan fingerprint density at radius 3 is 2.77 bits per heavy atom. The van der Waals surface area contributed by atoms with Crippen molar-refractivity contribution in [1.29, 1.82) is 0 Å². The molecule has 1 aromatic heterocycles. The number of ether oxygens (including phenoxy) is 1. The van der Waals surface area contributed by atoms with Gasteiger partial charge in [0, 0.05) is 49.9 Å². The summed E-state index contributed by atoms with van der Waals surface area (Å²) in [7, 11) is 4.72. The van der Waals surface area contributed by atoms with Crippen molar-refractivity contribution in [3.05, 3.63) is 44.9 Å². The number of hydrogen-bond donors (Lipinski definition) is 0. The molecule has 1 fully saturated rings. The smallest absolute Gasteiger partial charge is 0.409 e. The Balaban J connectivity index is 1.58. The van der Waals surface area contributed by atoms with Crippen LogP contribution in [0, 0.1) is 0 Å². The van der Waals surface area contributed by atoms with Crippen LogP contribution < -0.4 is 4.90 Å². The van der Waals surface area contributed by atoms with E-state index in [0.717, 1.165) is 17.7 Å². The van der Waals surface area contributed by atoms with Crippen molar-refractivity contribution in [1.82, 2.24) is 14.8 Å². The van der Waals surface area contributed by atoms with Crippen molar-refractivity contribution >= 4 is 46.5 Å². The average molecular weight is 463 g/mol. The molecule has 1 spiro atoms. The van der Waals surface area contributed by atoms with Crippen molar-refractivity contribution in [3.8, 4) is 0 Å². The van der Waals surface area contributed by atoms with Gasteiger partial charge in [0.2, 0.25) is 5.91 Å². The molecule has 1 aromatic carbocycles. The highest BCUT2D eigenvalue weighted by molar-refractivity contribution is 7.13. The highest BCUT2D eigenvalue weighted by atomic mass is 35.5. The van der Waals surface area contributed by atoms with Crippen LogP contribution in [0.1, 0.15) is 26.7 Å². The van der Waals surface area contributed by atoms with Crippen molar-refractivity contribution in [2.45, 2.75) is 18.3 Å². The van der Waals surface area contributed by atoms with Gasteiger partial charge in [0.25, 0.3) is 5.91 Å². The Labute approximate surface area is 189 Å². The van der Waals surface area contributed by atoms with Crippen LogP contribution in [0.15, 0.2) is 24.4 Å². The zero-order chi connectivity index (χ0) is 22.3. The molecule has 1 saturated heterocycles. The number of amides is 3. The summed E-state index contributed by atoms with van der Waals surface area (Å²) in [6.45, 7) is 1.49. The molecule has 0 bridgehead atoms. The van der Waals surface area contributed by atoms with Crippen LogP contribution in [0.4, 0.5) is 10.5 Å². The van der Waals surface area contributed by atoms with E-state index in [0.29, 0.717) is 34.5 Å². The van der Waals surface area contributed by atoms with Crippen molar-refractivity contribution in [2.75, 3.05) is 45.7 Å². The molecule has 3 amide bonds. The van der Waals surface area contributed by atoms with Gasteiger partial charge in [0.1, 0.15) is 9.88 Å². The quantitative estimate of drug-likeness (QED) is 0.700. The summed E-state index contributed by atoms with van der Waals surface area (Å²) in [6.07, 6.45) is 1.97. The number of thiazole rings is 1. The summed E-state index contributed by atoms with van der Waals surface area (Å²) in [4.78, 5) is 47.1. The lowest BCUT2D eigenvalue weighted by Crippen LogP contribution is -2.40. The number of halogens is 1. The maximum Gasteiger partial charge on any atom is 0.409 e. The molecule has 31 heavy (non-hydrogen) atoms. The van der Waals surface area contributed by atoms with Crippen LogP contribution in [-0.4, -0.2) is 73.5 Å². The van der Waals surface area contributed by atoms with Crippen LogP contribution in [0.5, 0.6) is 0 Å². The second-order valence-electron chi connectivity index (χ2n) is 8.06. The van der Waals surface area contributed by atoms with Gasteiger partial charge < -0.3 is 19.4 Å². The van der Waals surface area contributed by atoms with Crippen LogP contribution in [0.2, 0.25) is 5.02 Å². The van der Waals surface area contributed by atoms with E-state index in [9.17, 15) is 14.4 Å². The van der Waals surface area contributed by atoms with Gasteiger partial charge in [-0.05, 0) is 30.2 Å². The van der Waals surface area contributed by atoms with Gasteiger partial charge in [-0.2, -0.15) is 0 Å². The van der Waals surface area contributed by atoms with Gasteiger partial charge in [-0.1, -0.05) is 11.6 Å². The van der Waals surface area contributed by atoms with Crippen LogP contribution in [0.3, 0.4) is 0 Å². The van der Waals surface area contributed by atoms with Gasteiger partial charge in [-0.15, -0.1) is 11.3 Å². The molecule has 3 heterocycles. The molecule has 1 atom stereocenters. The third-order valence-electron chi connectivity index (χ3n) is 5.84. The standard InChI is InChI=1S/C21H23ClN4O4S/c1-24(2)19(28)16-10-23-17(31-16)9-18(27)26-12-21(6-7-25(11-21)20(29)30-3)14-8-13(22)4-5-15(14)26/h4-5,8,10H,6-7,9,11-12H2,1-3H3. The van der Waals surface area contributed by atoms with E-state index in [1.807, 2.05) is 12.1 Å². The number of nitrogens with zero attached hydrogens (tertiary/aromatic N) is 4. The number of benzene rings is 1. The summed E-state index contributed by atoms with van der Waals surface area (Å²) in [6, 6.07) is 5.51. The van der Waals surface area contributed by atoms with E-state index in [1.54, 1.807) is 30.0 Å². The molecule has 10 heteroatoms. The average Bonchev–Trinajstić information content (AvgIpc) is 3.45. The monoisotopic (exact) mass is 462 g/mol. The first-order valence-electron chi connectivity index (χ1n) is 9.84. The summed E-state index contributed by atoms with van der Waals surface area (Å²) in [5.74, 6) is -0.236. The summed E-state index contributed by atoms with van der Waals surface area (Å²) in [5, 5.41) is 1.19. The molecule has 2 aromatic rings. The number of carbonyl (C=O) groups excluding carboxylic acids is 3. The molecule has 2 aliphatic rings. The van der Waals surface area contributed by atoms with Gasteiger partial charge in [0.05, 0.1) is 19.7 Å². The maximum absolute atomic E-state index is 13.2. The molecule has 4 rings (SSSR count).